The van der Waals surface area contributed by atoms with Crippen LogP contribution in [0.15, 0.2) is 18.5 Å². The summed E-state index contributed by atoms with van der Waals surface area (Å²) in [6, 6.07) is 2.31. The van der Waals surface area contributed by atoms with Crippen LogP contribution in [0.25, 0.3) is 16.8 Å². The number of halogens is 1. The number of rotatable bonds is 6. The van der Waals surface area contributed by atoms with E-state index in [4.69, 9.17) is 14.7 Å². The molecule has 0 amide bonds. The van der Waals surface area contributed by atoms with Gasteiger partial charge in [-0.2, -0.15) is 10.4 Å². The lowest BCUT2D eigenvalue weighted by Crippen LogP contribution is -2.38. The summed E-state index contributed by atoms with van der Waals surface area (Å²) in [4.78, 5) is 4.16. The van der Waals surface area contributed by atoms with E-state index in [-0.39, 0.29) is 6.04 Å². The molecule has 3 aromatic rings. The third-order valence-electron chi connectivity index (χ3n) is 6.45. The summed E-state index contributed by atoms with van der Waals surface area (Å²) in [5.41, 5.74) is 3.76. The number of hydrogen-bond acceptors (Lipinski definition) is 8. The van der Waals surface area contributed by atoms with E-state index in [2.05, 4.69) is 62.1 Å². The van der Waals surface area contributed by atoms with Crippen LogP contribution >= 0.6 is 22.6 Å². The Morgan fingerprint density at radius 1 is 1.24 bits per heavy atom. The molecule has 5 heterocycles. The van der Waals surface area contributed by atoms with Crippen molar-refractivity contribution in [2.24, 2.45) is 0 Å². The molecular weight excluding hydrogens is 535 g/mol. The molecule has 2 fully saturated rings. The number of nitriles is 1. The van der Waals surface area contributed by atoms with E-state index in [9.17, 15) is 0 Å². The number of fused-ring (bicyclic) bond motifs is 1. The van der Waals surface area contributed by atoms with Gasteiger partial charge in [-0.05, 0) is 48.4 Å². The monoisotopic (exact) mass is 562 g/mol. The van der Waals surface area contributed by atoms with Gasteiger partial charge in [-0.1, -0.05) is 5.21 Å². The van der Waals surface area contributed by atoms with Crippen LogP contribution in [0.5, 0.6) is 5.75 Å². The van der Waals surface area contributed by atoms with Crippen molar-refractivity contribution in [1.29, 1.82) is 5.26 Å². The summed E-state index contributed by atoms with van der Waals surface area (Å²) in [5, 5.41) is 22.6. The first-order valence-corrected chi connectivity index (χ1v) is 12.4. The maximum atomic E-state index is 9.12. The summed E-state index contributed by atoms with van der Waals surface area (Å²) >= 11 is 2.30. The summed E-state index contributed by atoms with van der Waals surface area (Å²) in [7, 11) is 0. The largest absolute Gasteiger partial charge is 0.490 e. The van der Waals surface area contributed by atoms with Crippen molar-refractivity contribution in [3.05, 3.63) is 27.7 Å². The normalized spacial score (nSPS) is 18.0. The fourth-order valence-electron chi connectivity index (χ4n) is 4.56. The highest BCUT2D eigenvalue weighted by atomic mass is 127. The summed E-state index contributed by atoms with van der Waals surface area (Å²) < 4.78 is 16.6. The molecule has 0 saturated carbocycles. The molecule has 0 N–H and O–H groups in total. The Hall–Kier alpha value is -2.43. The summed E-state index contributed by atoms with van der Waals surface area (Å²) in [6.07, 6.45) is 7.86. The highest BCUT2D eigenvalue weighted by molar-refractivity contribution is 14.1. The maximum absolute atomic E-state index is 9.12. The molecule has 11 heteroatoms. The maximum Gasteiger partial charge on any atom is 0.179 e. The third-order valence-corrected chi connectivity index (χ3v) is 7.24. The molecule has 2 saturated heterocycles. The molecule has 0 atom stereocenters. The molecule has 174 valence electrons. The highest BCUT2D eigenvalue weighted by Gasteiger charge is 2.24. The molecule has 10 nitrogen and oxygen atoms in total. The van der Waals surface area contributed by atoms with E-state index in [0.29, 0.717) is 6.61 Å². The molecule has 33 heavy (non-hydrogen) atoms. The van der Waals surface area contributed by atoms with Crippen LogP contribution in [0.2, 0.25) is 0 Å². The van der Waals surface area contributed by atoms with Crippen LogP contribution in [-0.4, -0.2) is 87.0 Å². The fraction of sp³-hybridized carbons (Fsp3) is 0.545. The zero-order valence-corrected chi connectivity index (χ0v) is 20.8. The first kappa shape index (κ1) is 22.4. The number of ether oxygens (including phenoxy) is 2. The van der Waals surface area contributed by atoms with Gasteiger partial charge < -0.3 is 14.4 Å². The van der Waals surface area contributed by atoms with Crippen molar-refractivity contribution < 1.29 is 9.47 Å². The second kappa shape index (κ2) is 9.82. The lowest BCUT2D eigenvalue weighted by atomic mass is 10.0. The van der Waals surface area contributed by atoms with Crippen LogP contribution in [0.4, 0.5) is 0 Å². The SMILES string of the molecule is Cc1c(-c2cc(OCCN3CCOCC3)c3c(I)cnn3c2)nnn1C1CCN(C#N)CC1. The molecule has 0 unspecified atom stereocenters. The number of piperidine rings is 1. The van der Waals surface area contributed by atoms with Gasteiger partial charge in [-0.3, -0.25) is 4.90 Å². The zero-order valence-electron chi connectivity index (χ0n) is 18.7. The Morgan fingerprint density at radius 3 is 2.79 bits per heavy atom. The summed E-state index contributed by atoms with van der Waals surface area (Å²) in [6.45, 7) is 8.49. The Morgan fingerprint density at radius 2 is 2.03 bits per heavy atom. The standard InChI is InChI=1S/C22H27IN8O2/c1-16-21(26-27-31(16)18-2-4-29(15-24)5-3-18)17-12-20(22-19(23)13-25-30(22)14-17)33-11-8-28-6-9-32-10-7-28/h12-14,18H,2-11H2,1H3. The van der Waals surface area contributed by atoms with Gasteiger partial charge in [0.25, 0.3) is 0 Å². The average Bonchev–Trinajstić information content (AvgIpc) is 3.42. The van der Waals surface area contributed by atoms with Crippen molar-refractivity contribution in [2.45, 2.75) is 25.8 Å². The van der Waals surface area contributed by atoms with Gasteiger partial charge in [-0.15, -0.1) is 5.10 Å². The minimum atomic E-state index is 0.259. The molecule has 0 radical (unpaired) electrons. The van der Waals surface area contributed by atoms with Crippen LogP contribution in [-0.2, 0) is 4.74 Å². The van der Waals surface area contributed by atoms with Gasteiger partial charge in [0.1, 0.15) is 23.6 Å². The number of nitrogens with zero attached hydrogens (tertiary/aromatic N) is 8. The molecule has 0 bridgehead atoms. The Labute approximate surface area is 206 Å². The van der Waals surface area contributed by atoms with Gasteiger partial charge in [0.2, 0.25) is 0 Å². The molecule has 2 aliphatic rings. The third kappa shape index (κ3) is 4.64. The lowest BCUT2D eigenvalue weighted by Gasteiger charge is -2.28. The second-order valence-electron chi connectivity index (χ2n) is 8.47. The number of morpholine rings is 1. The molecule has 0 aliphatic carbocycles. The van der Waals surface area contributed by atoms with Crippen molar-refractivity contribution in [3.63, 3.8) is 0 Å². The van der Waals surface area contributed by atoms with Crippen LogP contribution in [0.3, 0.4) is 0 Å². The highest BCUT2D eigenvalue weighted by Crippen LogP contribution is 2.32. The average molecular weight is 562 g/mol. The number of pyridine rings is 1. The predicted octanol–water partition coefficient (Wildman–Crippen LogP) is 2.33. The lowest BCUT2D eigenvalue weighted by molar-refractivity contribution is 0.0323. The van der Waals surface area contributed by atoms with Gasteiger partial charge >= 0.3 is 0 Å². The molecular formula is C22H27IN8O2. The Bertz CT molecular complexity index is 1160. The second-order valence-corrected chi connectivity index (χ2v) is 9.63. The number of hydrogen-bond donors (Lipinski definition) is 0. The van der Waals surface area contributed by atoms with E-state index in [0.717, 1.165) is 90.6 Å². The van der Waals surface area contributed by atoms with E-state index in [1.165, 1.54) is 0 Å². The van der Waals surface area contributed by atoms with E-state index in [1.807, 2.05) is 21.6 Å². The van der Waals surface area contributed by atoms with Crippen LogP contribution in [0.1, 0.15) is 24.6 Å². The zero-order chi connectivity index (χ0) is 22.8. The minimum Gasteiger partial charge on any atom is -0.490 e. The van der Waals surface area contributed by atoms with Gasteiger partial charge in [0.05, 0.1) is 34.7 Å². The smallest absolute Gasteiger partial charge is 0.179 e. The first-order chi connectivity index (χ1) is 16.1. The minimum absolute atomic E-state index is 0.259. The molecule has 5 rings (SSSR count). The fourth-order valence-corrected chi connectivity index (χ4v) is 5.20. The van der Waals surface area contributed by atoms with Crippen molar-refractivity contribution in [3.8, 4) is 23.2 Å². The number of aromatic nitrogens is 5. The number of likely N-dealkylation sites (tertiary alicyclic amines) is 1. The van der Waals surface area contributed by atoms with E-state index < -0.39 is 0 Å². The Kier molecular flexibility index (Phi) is 6.66. The van der Waals surface area contributed by atoms with Crippen molar-refractivity contribution in [2.75, 3.05) is 52.5 Å². The molecule has 2 aliphatic heterocycles. The first-order valence-electron chi connectivity index (χ1n) is 11.3. The Balaban J connectivity index is 1.38. The molecule has 0 spiro atoms. The van der Waals surface area contributed by atoms with Gasteiger partial charge in [0.15, 0.2) is 6.19 Å². The summed E-state index contributed by atoms with van der Waals surface area (Å²) in [5.74, 6) is 0.805. The van der Waals surface area contributed by atoms with E-state index >= 15 is 0 Å². The topological polar surface area (TPSA) is 96.7 Å². The quantitative estimate of drug-likeness (QED) is 0.334. The predicted molar refractivity (Wildman–Crippen MR) is 130 cm³/mol. The molecule has 0 aromatic carbocycles. The van der Waals surface area contributed by atoms with Crippen molar-refractivity contribution >= 4 is 28.1 Å². The van der Waals surface area contributed by atoms with Gasteiger partial charge in [-0.25, -0.2) is 9.20 Å². The van der Waals surface area contributed by atoms with Crippen LogP contribution < -0.4 is 4.74 Å². The van der Waals surface area contributed by atoms with Crippen LogP contribution in [0, 0.1) is 21.9 Å². The van der Waals surface area contributed by atoms with Gasteiger partial charge in [0, 0.05) is 44.5 Å². The van der Waals surface area contributed by atoms with E-state index in [1.54, 1.807) is 4.90 Å². The van der Waals surface area contributed by atoms with Crippen molar-refractivity contribution in [1.82, 2.24) is 34.4 Å². The molecule has 3 aromatic heterocycles.